The van der Waals surface area contributed by atoms with E-state index >= 15 is 0 Å². The van der Waals surface area contributed by atoms with Crippen LogP contribution in [0.4, 0.5) is 0 Å². The third kappa shape index (κ3) is 4.47. The van der Waals surface area contributed by atoms with Gasteiger partial charge in [0, 0.05) is 17.1 Å². The van der Waals surface area contributed by atoms with Crippen LogP contribution in [0, 0.1) is 0 Å². The first-order valence-corrected chi connectivity index (χ1v) is 10.4. The van der Waals surface area contributed by atoms with Crippen molar-refractivity contribution in [3.05, 3.63) is 107 Å². The summed E-state index contributed by atoms with van der Waals surface area (Å²) in [6.07, 6.45) is 12.5. The van der Waals surface area contributed by atoms with Gasteiger partial charge in [0.05, 0.1) is 5.52 Å². The second-order valence-electron chi connectivity index (χ2n) is 8.07. The van der Waals surface area contributed by atoms with Crippen molar-refractivity contribution in [2.24, 2.45) is 0 Å². The van der Waals surface area contributed by atoms with E-state index in [-0.39, 0.29) is 0 Å². The third-order valence-electron chi connectivity index (χ3n) is 5.49. The van der Waals surface area contributed by atoms with E-state index in [1.165, 1.54) is 38.8 Å². The van der Waals surface area contributed by atoms with Gasteiger partial charge < -0.3 is 0 Å². The Morgan fingerprint density at radius 1 is 0.966 bits per heavy atom. The molecule has 2 aromatic carbocycles. The minimum absolute atomic E-state index is 0.487. The van der Waals surface area contributed by atoms with Crippen molar-refractivity contribution in [3.63, 3.8) is 0 Å². The summed E-state index contributed by atoms with van der Waals surface area (Å²) in [4.78, 5) is 4.69. The molecule has 0 saturated carbocycles. The molecule has 0 aliphatic heterocycles. The Labute approximate surface area is 173 Å². The maximum Gasteiger partial charge on any atom is 0.0780 e. The van der Waals surface area contributed by atoms with Crippen LogP contribution >= 0.6 is 0 Å². The lowest BCUT2D eigenvalue weighted by Gasteiger charge is -2.13. The summed E-state index contributed by atoms with van der Waals surface area (Å²) in [5, 5.41) is 1.21. The average molecular weight is 378 g/mol. The van der Waals surface area contributed by atoms with E-state index in [1.54, 1.807) is 0 Å². The molecule has 0 bridgehead atoms. The maximum atomic E-state index is 4.69. The monoisotopic (exact) mass is 377 g/mol. The quantitative estimate of drug-likeness (QED) is 0.418. The fourth-order valence-electron chi connectivity index (χ4n) is 3.73. The van der Waals surface area contributed by atoms with Crippen molar-refractivity contribution in [1.82, 2.24) is 4.98 Å². The molecule has 1 aliphatic rings. The fourth-order valence-corrected chi connectivity index (χ4v) is 3.73. The number of pyridine rings is 1. The van der Waals surface area contributed by atoms with Crippen molar-refractivity contribution < 1.29 is 0 Å². The van der Waals surface area contributed by atoms with Gasteiger partial charge in [-0.2, -0.15) is 0 Å². The first-order chi connectivity index (χ1) is 14.1. The zero-order valence-corrected chi connectivity index (χ0v) is 17.4. The van der Waals surface area contributed by atoms with Gasteiger partial charge in [-0.1, -0.05) is 62.4 Å². The Kier molecular flexibility index (Phi) is 5.60. The second kappa shape index (κ2) is 8.47. The van der Waals surface area contributed by atoms with Crippen molar-refractivity contribution in [2.75, 3.05) is 0 Å². The molecule has 1 heteroatoms. The zero-order chi connectivity index (χ0) is 20.2. The van der Waals surface area contributed by atoms with Gasteiger partial charge in [0.2, 0.25) is 0 Å². The van der Waals surface area contributed by atoms with Crippen LogP contribution in [0.1, 0.15) is 44.2 Å². The Morgan fingerprint density at radius 3 is 2.72 bits per heavy atom. The molecule has 1 heterocycles. The largest absolute Gasteiger partial charge is 0.256 e. The van der Waals surface area contributed by atoms with Crippen molar-refractivity contribution >= 4 is 10.9 Å². The van der Waals surface area contributed by atoms with Crippen LogP contribution < -0.4 is 0 Å². The Morgan fingerprint density at radius 2 is 1.86 bits per heavy atom. The van der Waals surface area contributed by atoms with Crippen LogP contribution in [0.5, 0.6) is 0 Å². The predicted octanol–water partition coefficient (Wildman–Crippen LogP) is 7.56. The fraction of sp³-hybridized carbons (Fsp3) is 0.214. The molecule has 1 aliphatic carbocycles. The molecule has 0 unspecified atom stereocenters. The van der Waals surface area contributed by atoms with Crippen LogP contribution in [-0.4, -0.2) is 4.98 Å². The lowest BCUT2D eigenvalue weighted by atomic mass is 9.93. The van der Waals surface area contributed by atoms with Crippen molar-refractivity contribution in [3.8, 4) is 11.1 Å². The normalized spacial score (nSPS) is 13.5. The standard InChI is InChI=1S/C28H27N/c1-20(2)26-18-25-11-6-16-29-28(25)27(19-26)24-10-5-9-23(17-24)15-14-22-8-4-7-21(3)12-13-22/h4-6,8-13,16-20H,14-15H2,1-3H3. The molecular weight excluding hydrogens is 350 g/mol. The number of nitrogens with zero attached hydrogens (tertiary/aromatic N) is 1. The first kappa shape index (κ1) is 19.2. The molecule has 4 rings (SSSR count). The van der Waals surface area contributed by atoms with Gasteiger partial charge in [0.1, 0.15) is 0 Å². The number of benzene rings is 2. The van der Waals surface area contributed by atoms with Crippen molar-refractivity contribution in [2.45, 2.75) is 39.5 Å². The SMILES string of the molecule is CC1=C=CC=C(CCc2cccc(-c3cc(C(C)C)cc4cccnc34)c2)C=C1. The number of hydrogen-bond donors (Lipinski definition) is 0. The highest BCUT2D eigenvalue weighted by atomic mass is 14.6. The number of allylic oxidation sites excluding steroid dienone is 5. The highest BCUT2D eigenvalue weighted by Gasteiger charge is 2.10. The minimum Gasteiger partial charge on any atom is -0.256 e. The number of aromatic nitrogens is 1. The van der Waals surface area contributed by atoms with Gasteiger partial charge in [0.25, 0.3) is 0 Å². The van der Waals surface area contributed by atoms with E-state index in [0.29, 0.717) is 5.92 Å². The van der Waals surface area contributed by atoms with Gasteiger partial charge in [-0.15, -0.1) is 5.73 Å². The summed E-state index contributed by atoms with van der Waals surface area (Å²) >= 11 is 0. The van der Waals surface area contributed by atoms with E-state index in [4.69, 9.17) is 4.98 Å². The smallest absolute Gasteiger partial charge is 0.0780 e. The molecule has 0 atom stereocenters. The van der Waals surface area contributed by atoms with Gasteiger partial charge in [-0.05, 0) is 77.8 Å². The lowest BCUT2D eigenvalue weighted by molar-refractivity contribution is 0.869. The molecule has 0 radical (unpaired) electrons. The molecule has 144 valence electrons. The number of fused-ring (bicyclic) bond motifs is 1. The van der Waals surface area contributed by atoms with E-state index in [0.717, 1.165) is 18.4 Å². The molecular formula is C28H27N. The molecule has 29 heavy (non-hydrogen) atoms. The van der Waals surface area contributed by atoms with E-state index in [9.17, 15) is 0 Å². The molecule has 1 nitrogen and oxygen atoms in total. The van der Waals surface area contributed by atoms with E-state index in [1.807, 2.05) is 18.3 Å². The van der Waals surface area contributed by atoms with Crippen LogP contribution in [0.2, 0.25) is 0 Å². The molecule has 0 fully saturated rings. The highest BCUT2D eigenvalue weighted by molar-refractivity contribution is 5.94. The third-order valence-corrected chi connectivity index (χ3v) is 5.49. The summed E-state index contributed by atoms with van der Waals surface area (Å²) in [6.45, 7) is 6.57. The predicted molar refractivity (Wildman–Crippen MR) is 124 cm³/mol. The number of rotatable bonds is 5. The van der Waals surface area contributed by atoms with Gasteiger partial charge >= 0.3 is 0 Å². The lowest BCUT2D eigenvalue weighted by Crippen LogP contribution is -1.93. The summed E-state index contributed by atoms with van der Waals surface area (Å²) in [6, 6.07) is 17.7. The van der Waals surface area contributed by atoms with Gasteiger partial charge in [-0.3, -0.25) is 4.98 Å². The topological polar surface area (TPSA) is 12.9 Å². The summed E-state index contributed by atoms with van der Waals surface area (Å²) in [5.74, 6) is 0.487. The maximum absolute atomic E-state index is 4.69. The molecule has 1 aromatic heterocycles. The first-order valence-electron chi connectivity index (χ1n) is 10.4. The number of hydrogen-bond acceptors (Lipinski definition) is 1. The molecule has 3 aromatic rings. The van der Waals surface area contributed by atoms with E-state index in [2.05, 4.69) is 87.2 Å². The Balaban J connectivity index is 1.65. The second-order valence-corrected chi connectivity index (χ2v) is 8.07. The van der Waals surface area contributed by atoms with Crippen LogP contribution in [-0.2, 0) is 6.42 Å². The Hall–Kier alpha value is -3.15. The number of aryl methyl sites for hydroxylation is 1. The Bertz CT molecular complexity index is 1170. The average Bonchev–Trinajstić information content (AvgIpc) is 2.95. The van der Waals surface area contributed by atoms with Crippen molar-refractivity contribution in [1.29, 1.82) is 0 Å². The van der Waals surface area contributed by atoms with Crippen LogP contribution in [0.3, 0.4) is 0 Å². The minimum atomic E-state index is 0.487. The van der Waals surface area contributed by atoms with E-state index < -0.39 is 0 Å². The summed E-state index contributed by atoms with van der Waals surface area (Å²) in [5.41, 5.74) is 12.0. The molecule has 0 saturated heterocycles. The zero-order valence-electron chi connectivity index (χ0n) is 17.4. The summed E-state index contributed by atoms with van der Waals surface area (Å²) < 4.78 is 0. The molecule has 0 amide bonds. The summed E-state index contributed by atoms with van der Waals surface area (Å²) in [7, 11) is 0. The molecule has 0 spiro atoms. The van der Waals surface area contributed by atoms with Crippen LogP contribution in [0.15, 0.2) is 95.9 Å². The van der Waals surface area contributed by atoms with Gasteiger partial charge in [-0.25, -0.2) is 0 Å². The van der Waals surface area contributed by atoms with Crippen LogP contribution in [0.25, 0.3) is 22.0 Å². The highest BCUT2D eigenvalue weighted by Crippen LogP contribution is 2.32. The van der Waals surface area contributed by atoms with Gasteiger partial charge in [0.15, 0.2) is 0 Å². The molecule has 0 N–H and O–H groups in total.